The van der Waals surface area contributed by atoms with Gasteiger partial charge >= 0.3 is 12.1 Å². The number of aryl methyl sites for hydroxylation is 1. The molecule has 0 aliphatic carbocycles. The second-order valence-corrected chi connectivity index (χ2v) is 13.4. The minimum absolute atomic E-state index is 0.0111. The molecule has 0 unspecified atom stereocenters. The fraction of sp³-hybridized carbons (Fsp3) is 0.438. The highest BCUT2D eigenvalue weighted by atomic mass is 32.2. The van der Waals surface area contributed by atoms with Gasteiger partial charge in [0.05, 0.1) is 36.0 Å². The Morgan fingerprint density at radius 3 is 2.44 bits per heavy atom. The summed E-state index contributed by atoms with van der Waals surface area (Å²) >= 11 is 0. The molecule has 1 aliphatic heterocycles. The number of esters is 1. The zero-order valence-electron chi connectivity index (χ0n) is 26.2. The zero-order valence-corrected chi connectivity index (χ0v) is 27.1. The lowest BCUT2D eigenvalue weighted by molar-refractivity contribution is -0.139. The van der Waals surface area contributed by atoms with Crippen LogP contribution in [-0.4, -0.2) is 75.0 Å². The number of nitrogens with two attached hydrogens (primary N) is 1. The molecule has 1 fully saturated rings. The number of amides is 2. The molecule has 13 heteroatoms. The van der Waals surface area contributed by atoms with Crippen LogP contribution in [0.2, 0.25) is 0 Å². The summed E-state index contributed by atoms with van der Waals surface area (Å²) in [5.74, 6) is -2.45. The molecular weight excluding hydrogens is 600 g/mol. The molecule has 1 heterocycles. The van der Waals surface area contributed by atoms with E-state index in [-0.39, 0.29) is 36.3 Å². The number of carbonyl (C=O) groups is 3. The molecule has 0 aromatic heterocycles. The molecule has 1 saturated heterocycles. The Bertz CT molecular complexity index is 1580. The van der Waals surface area contributed by atoms with Crippen LogP contribution in [-0.2, 0) is 24.3 Å². The molecule has 242 valence electrons. The SMILES string of the molecule is CCOC(=O)CS(=O)(=O)N(C/C=C/c1cccc(C#N)c1)c1cc(C)c(OC2CCN(C(=O)OC(C)(C)C)CC2)c(C(N)=O)c1. The van der Waals surface area contributed by atoms with Gasteiger partial charge in [0.2, 0.25) is 10.0 Å². The predicted molar refractivity (Wildman–Crippen MR) is 169 cm³/mol. The van der Waals surface area contributed by atoms with E-state index in [4.69, 9.17) is 19.9 Å². The molecule has 2 aromatic carbocycles. The molecule has 2 N–H and O–H groups in total. The van der Waals surface area contributed by atoms with E-state index >= 15 is 0 Å². The molecule has 0 saturated carbocycles. The Morgan fingerprint density at radius 1 is 1.16 bits per heavy atom. The highest BCUT2D eigenvalue weighted by Gasteiger charge is 2.31. The van der Waals surface area contributed by atoms with Crippen molar-refractivity contribution >= 4 is 39.8 Å². The number of nitriles is 1. The summed E-state index contributed by atoms with van der Waals surface area (Å²) in [4.78, 5) is 38.9. The van der Waals surface area contributed by atoms with Crippen molar-refractivity contribution in [3.63, 3.8) is 0 Å². The van der Waals surface area contributed by atoms with Crippen LogP contribution in [0.3, 0.4) is 0 Å². The average molecular weight is 641 g/mol. The van der Waals surface area contributed by atoms with Gasteiger partial charge in [-0.3, -0.25) is 13.9 Å². The van der Waals surface area contributed by atoms with E-state index in [9.17, 15) is 28.1 Å². The Balaban J connectivity index is 1.90. The number of benzene rings is 2. The van der Waals surface area contributed by atoms with Gasteiger partial charge in [0, 0.05) is 25.9 Å². The van der Waals surface area contributed by atoms with Gasteiger partial charge in [0.1, 0.15) is 17.5 Å². The Hall–Kier alpha value is -4.57. The summed E-state index contributed by atoms with van der Waals surface area (Å²) in [7, 11) is -4.28. The number of hydrogen-bond donors (Lipinski definition) is 1. The maximum absolute atomic E-state index is 13.5. The highest BCUT2D eigenvalue weighted by Crippen LogP contribution is 2.33. The number of sulfonamides is 1. The van der Waals surface area contributed by atoms with Crippen molar-refractivity contribution in [1.29, 1.82) is 5.26 Å². The van der Waals surface area contributed by atoms with Gasteiger partial charge in [-0.15, -0.1) is 0 Å². The third-order valence-electron chi connectivity index (χ3n) is 6.73. The highest BCUT2D eigenvalue weighted by molar-refractivity contribution is 7.93. The number of piperidine rings is 1. The molecule has 2 amide bonds. The maximum Gasteiger partial charge on any atom is 0.410 e. The molecule has 12 nitrogen and oxygen atoms in total. The number of carbonyl (C=O) groups excluding carboxylic acids is 3. The van der Waals surface area contributed by atoms with Crippen LogP contribution in [0.4, 0.5) is 10.5 Å². The molecule has 0 bridgehead atoms. The second kappa shape index (κ2) is 14.9. The normalized spacial score (nSPS) is 14.1. The fourth-order valence-corrected chi connectivity index (χ4v) is 5.97. The molecule has 3 rings (SSSR count). The summed E-state index contributed by atoms with van der Waals surface area (Å²) in [5.41, 5.74) is 6.77. The van der Waals surface area contributed by atoms with Crippen LogP contribution < -0.4 is 14.8 Å². The first kappa shape index (κ1) is 34.9. The standard InChI is InChI=1S/C32H40N4O8S/c1-6-42-28(37)21-45(40,41)36(14-8-11-23-9-7-10-24(18-23)20-33)25-17-22(2)29(27(19-25)30(34)38)43-26-12-15-35(16-13-26)31(39)44-32(3,4)5/h7-11,17-19,26H,6,12-16,21H2,1-5H3,(H2,34,38)/b11-8+. The topological polar surface area (TPSA) is 169 Å². The summed E-state index contributed by atoms with van der Waals surface area (Å²) in [6.07, 6.45) is 3.45. The van der Waals surface area contributed by atoms with Crippen molar-refractivity contribution in [3.05, 3.63) is 64.7 Å². The number of likely N-dealkylation sites (tertiary alicyclic amines) is 1. The number of primary amides is 1. The van der Waals surface area contributed by atoms with Crippen molar-refractivity contribution < 1.29 is 37.0 Å². The lowest BCUT2D eigenvalue weighted by atomic mass is 10.0. The van der Waals surface area contributed by atoms with Crippen LogP contribution in [0.1, 0.15) is 67.6 Å². The molecule has 0 radical (unpaired) electrons. The van der Waals surface area contributed by atoms with Gasteiger partial charge in [-0.2, -0.15) is 5.26 Å². The van der Waals surface area contributed by atoms with Gasteiger partial charge in [0.25, 0.3) is 5.91 Å². The maximum atomic E-state index is 13.5. The van der Waals surface area contributed by atoms with E-state index in [1.165, 1.54) is 6.07 Å². The summed E-state index contributed by atoms with van der Waals surface area (Å²) in [5, 5.41) is 9.18. The quantitative estimate of drug-likeness (QED) is 0.355. The largest absolute Gasteiger partial charge is 0.489 e. The van der Waals surface area contributed by atoms with Gasteiger partial charge in [-0.25, -0.2) is 13.2 Å². The van der Waals surface area contributed by atoms with Crippen molar-refractivity contribution in [1.82, 2.24) is 4.90 Å². The third-order valence-corrected chi connectivity index (χ3v) is 8.36. The summed E-state index contributed by atoms with van der Waals surface area (Å²) < 4.78 is 44.5. The minimum atomic E-state index is -4.28. The molecule has 1 aliphatic rings. The number of rotatable bonds is 11. The Labute approximate surface area is 264 Å². The smallest absolute Gasteiger partial charge is 0.410 e. The summed E-state index contributed by atoms with van der Waals surface area (Å²) in [6.45, 7) is 9.24. The van der Waals surface area contributed by atoms with Gasteiger partial charge in [-0.1, -0.05) is 24.3 Å². The van der Waals surface area contributed by atoms with Gasteiger partial charge in [0.15, 0.2) is 5.75 Å². The molecule has 0 spiro atoms. The monoisotopic (exact) mass is 640 g/mol. The van der Waals surface area contributed by atoms with E-state index in [0.717, 1.165) is 4.31 Å². The van der Waals surface area contributed by atoms with Crippen molar-refractivity contribution in [2.75, 3.05) is 36.3 Å². The first-order chi connectivity index (χ1) is 21.1. The number of hydrogen-bond acceptors (Lipinski definition) is 9. The van der Waals surface area contributed by atoms with Crippen molar-refractivity contribution in [3.8, 4) is 11.8 Å². The predicted octanol–water partition coefficient (Wildman–Crippen LogP) is 4.16. The van der Waals surface area contributed by atoms with Gasteiger partial charge < -0.3 is 24.8 Å². The number of anilines is 1. The molecule has 0 atom stereocenters. The van der Waals surface area contributed by atoms with Crippen molar-refractivity contribution in [2.45, 2.75) is 59.2 Å². The minimum Gasteiger partial charge on any atom is -0.489 e. The number of nitrogens with zero attached hydrogens (tertiary/aromatic N) is 3. The van der Waals surface area contributed by atoms with Crippen LogP contribution >= 0.6 is 0 Å². The van der Waals surface area contributed by atoms with Crippen LogP contribution in [0, 0.1) is 18.3 Å². The Morgan fingerprint density at radius 2 is 1.84 bits per heavy atom. The third kappa shape index (κ3) is 9.97. The van der Waals surface area contributed by atoms with Crippen molar-refractivity contribution in [2.24, 2.45) is 5.73 Å². The van der Waals surface area contributed by atoms with E-state index in [0.29, 0.717) is 42.6 Å². The van der Waals surface area contributed by atoms with Crippen LogP contribution in [0.15, 0.2) is 42.5 Å². The van der Waals surface area contributed by atoms with E-state index in [1.54, 1.807) is 82.0 Å². The summed E-state index contributed by atoms with van der Waals surface area (Å²) in [6, 6.07) is 11.7. The molecule has 2 aromatic rings. The molecular formula is C32H40N4O8S. The first-order valence-corrected chi connectivity index (χ1v) is 16.2. The van der Waals surface area contributed by atoms with E-state index in [1.807, 2.05) is 0 Å². The zero-order chi connectivity index (χ0) is 33.4. The van der Waals surface area contributed by atoms with E-state index < -0.39 is 39.3 Å². The van der Waals surface area contributed by atoms with Crippen LogP contribution in [0.5, 0.6) is 5.75 Å². The lowest BCUT2D eigenvalue weighted by Crippen LogP contribution is -2.44. The number of ether oxygens (including phenoxy) is 3. The second-order valence-electron chi connectivity index (χ2n) is 11.5. The lowest BCUT2D eigenvalue weighted by Gasteiger charge is -2.34. The van der Waals surface area contributed by atoms with Crippen LogP contribution in [0.25, 0.3) is 6.08 Å². The average Bonchev–Trinajstić information content (AvgIpc) is 2.95. The molecule has 45 heavy (non-hydrogen) atoms. The van der Waals surface area contributed by atoms with Gasteiger partial charge in [-0.05, 0) is 70.0 Å². The Kier molecular flexibility index (Phi) is 11.6. The fourth-order valence-electron chi connectivity index (χ4n) is 4.69. The van der Waals surface area contributed by atoms with E-state index in [2.05, 4.69) is 6.07 Å². The first-order valence-electron chi connectivity index (χ1n) is 14.5.